The molecule has 5 nitrogen and oxygen atoms in total. The molecule has 0 saturated heterocycles. The molecule has 0 heterocycles. The van der Waals surface area contributed by atoms with E-state index in [0.29, 0.717) is 5.69 Å². The van der Waals surface area contributed by atoms with E-state index >= 15 is 0 Å². The van der Waals surface area contributed by atoms with E-state index in [0.717, 1.165) is 23.1 Å². The quantitative estimate of drug-likeness (QED) is 0.529. The molecule has 1 amide bonds. The van der Waals surface area contributed by atoms with E-state index in [4.69, 9.17) is 0 Å². The molecule has 0 aromatic heterocycles. The predicted molar refractivity (Wildman–Crippen MR) is 129 cm³/mol. The van der Waals surface area contributed by atoms with E-state index in [-0.39, 0.29) is 23.4 Å². The molecule has 32 heavy (non-hydrogen) atoms. The Labute approximate surface area is 191 Å². The number of nitrogens with one attached hydrogen (secondary N) is 1. The maximum absolute atomic E-state index is 13.4. The zero-order valence-corrected chi connectivity index (χ0v) is 19.8. The van der Waals surface area contributed by atoms with Crippen LogP contribution in [0.4, 0.5) is 5.69 Å². The van der Waals surface area contributed by atoms with E-state index < -0.39 is 10.0 Å². The maximum atomic E-state index is 13.4. The van der Waals surface area contributed by atoms with Crippen LogP contribution >= 0.6 is 0 Å². The summed E-state index contributed by atoms with van der Waals surface area (Å²) in [6.07, 6.45) is 0.948. The summed E-state index contributed by atoms with van der Waals surface area (Å²) in [5.74, 6) is -0.367. The normalized spacial score (nSPS) is 12.2. The van der Waals surface area contributed by atoms with Crippen LogP contribution in [-0.2, 0) is 21.2 Å². The summed E-state index contributed by atoms with van der Waals surface area (Å²) in [4.78, 5) is 13.1. The van der Waals surface area contributed by atoms with Gasteiger partial charge in [0.15, 0.2) is 0 Å². The predicted octanol–water partition coefficient (Wildman–Crippen LogP) is 4.94. The molecule has 0 radical (unpaired) electrons. The van der Waals surface area contributed by atoms with E-state index in [1.54, 1.807) is 36.4 Å². The lowest BCUT2D eigenvalue weighted by molar-refractivity contribution is -0.120. The first-order valence-corrected chi connectivity index (χ1v) is 12.2. The van der Waals surface area contributed by atoms with Crippen LogP contribution in [0.25, 0.3) is 0 Å². The molecule has 1 N–H and O–H groups in total. The second-order valence-corrected chi connectivity index (χ2v) is 9.91. The number of benzene rings is 3. The lowest BCUT2D eigenvalue weighted by Crippen LogP contribution is -2.41. The largest absolute Gasteiger partial charge is 0.348 e. The van der Waals surface area contributed by atoms with E-state index in [2.05, 4.69) is 12.2 Å². The molecule has 0 aliphatic heterocycles. The molecule has 0 spiro atoms. The minimum Gasteiger partial charge on any atom is -0.348 e. The van der Waals surface area contributed by atoms with Crippen LogP contribution in [0.1, 0.15) is 42.1 Å². The van der Waals surface area contributed by atoms with Crippen molar-refractivity contribution in [2.24, 2.45) is 0 Å². The molecule has 0 aliphatic rings. The van der Waals surface area contributed by atoms with Gasteiger partial charge < -0.3 is 5.32 Å². The first-order chi connectivity index (χ1) is 15.2. The molecule has 0 unspecified atom stereocenters. The molecule has 3 aromatic rings. The van der Waals surface area contributed by atoms with Crippen molar-refractivity contribution in [3.63, 3.8) is 0 Å². The monoisotopic (exact) mass is 450 g/mol. The Hall–Kier alpha value is -3.12. The molecule has 3 rings (SSSR count). The maximum Gasteiger partial charge on any atom is 0.264 e. The second-order valence-electron chi connectivity index (χ2n) is 8.04. The molecular formula is C26H30N2O3S. The van der Waals surface area contributed by atoms with Gasteiger partial charge in [-0.1, -0.05) is 66.6 Å². The number of carbonyl (C=O) groups is 1. The van der Waals surface area contributed by atoms with E-state index in [1.165, 1.54) is 9.87 Å². The number of sulfonamides is 1. The molecule has 168 valence electrons. The van der Waals surface area contributed by atoms with Crippen molar-refractivity contribution >= 4 is 21.6 Å². The standard InChI is InChI=1S/C26H30N2O3S/c1-5-22-10-12-23(13-11-22)21(4)27-26(29)18-28(24-14-6-19(2)7-15-24)32(30,31)25-16-8-20(3)9-17-25/h6-17,21H,5,18H2,1-4H3,(H,27,29)/t21-/m1/s1. The number of nitrogens with zero attached hydrogens (tertiary/aromatic N) is 1. The van der Waals surface area contributed by atoms with Crippen molar-refractivity contribution in [2.45, 2.75) is 45.1 Å². The first kappa shape index (κ1) is 23.5. The van der Waals surface area contributed by atoms with Gasteiger partial charge in [-0.05, 0) is 62.6 Å². The fourth-order valence-electron chi connectivity index (χ4n) is 3.41. The van der Waals surface area contributed by atoms with Crippen LogP contribution in [-0.4, -0.2) is 20.9 Å². The molecule has 0 saturated carbocycles. The summed E-state index contributed by atoms with van der Waals surface area (Å²) < 4.78 is 28.0. The highest BCUT2D eigenvalue weighted by Crippen LogP contribution is 2.24. The highest BCUT2D eigenvalue weighted by molar-refractivity contribution is 7.92. The summed E-state index contributed by atoms with van der Waals surface area (Å²) in [6, 6.07) is 21.6. The SMILES string of the molecule is CCc1ccc([C@@H](C)NC(=O)CN(c2ccc(C)cc2)S(=O)(=O)c2ccc(C)cc2)cc1. The van der Waals surface area contributed by atoms with Crippen LogP contribution in [0.2, 0.25) is 0 Å². The Bertz CT molecular complexity index is 1150. The van der Waals surface area contributed by atoms with Gasteiger partial charge in [0.2, 0.25) is 5.91 Å². The van der Waals surface area contributed by atoms with Gasteiger partial charge in [-0.25, -0.2) is 8.42 Å². The Morgan fingerprint density at radius 1 is 0.875 bits per heavy atom. The van der Waals surface area contributed by atoms with Crippen LogP contribution in [0.15, 0.2) is 77.7 Å². The minimum atomic E-state index is -3.92. The average molecular weight is 451 g/mol. The zero-order valence-electron chi connectivity index (χ0n) is 19.0. The molecular weight excluding hydrogens is 420 g/mol. The second kappa shape index (κ2) is 10.0. The smallest absolute Gasteiger partial charge is 0.264 e. The van der Waals surface area contributed by atoms with Crippen molar-refractivity contribution < 1.29 is 13.2 Å². The van der Waals surface area contributed by atoms with Crippen molar-refractivity contribution in [3.05, 3.63) is 95.1 Å². The molecule has 0 fully saturated rings. The lowest BCUT2D eigenvalue weighted by atomic mass is 10.1. The fraction of sp³-hybridized carbons (Fsp3) is 0.269. The Balaban J connectivity index is 1.85. The highest BCUT2D eigenvalue weighted by atomic mass is 32.2. The number of hydrogen-bond acceptors (Lipinski definition) is 3. The van der Waals surface area contributed by atoms with Gasteiger partial charge in [-0.3, -0.25) is 9.10 Å². The van der Waals surface area contributed by atoms with Crippen LogP contribution in [0, 0.1) is 13.8 Å². The Morgan fingerprint density at radius 2 is 1.41 bits per heavy atom. The van der Waals surface area contributed by atoms with Crippen molar-refractivity contribution in [1.82, 2.24) is 5.32 Å². The van der Waals surface area contributed by atoms with Crippen LogP contribution in [0.3, 0.4) is 0 Å². The number of carbonyl (C=O) groups excluding carboxylic acids is 1. The first-order valence-electron chi connectivity index (χ1n) is 10.7. The van der Waals surface area contributed by atoms with Gasteiger partial charge in [0.25, 0.3) is 10.0 Å². The average Bonchev–Trinajstić information content (AvgIpc) is 2.78. The number of rotatable bonds is 8. The topological polar surface area (TPSA) is 66.5 Å². The Morgan fingerprint density at radius 3 is 1.94 bits per heavy atom. The van der Waals surface area contributed by atoms with Crippen molar-refractivity contribution in [1.29, 1.82) is 0 Å². The number of amides is 1. The summed E-state index contributed by atoms with van der Waals surface area (Å²) in [5, 5.41) is 2.93. The van der Waals surface area contributed by atoms with E-state index in [9.17, 15) is 13.2 Å². The molecule has 0 aliphatic carbocycles. The third-order valence-electron chi connectivity index (χ3n) is 5.48. The molecule has 6 heteroatoms. The van der Waals surface area contributed by atoms with Gasteiger partial charge >= 0.3 is 0 Å². The summed E-state index contributed by atoms with van der Waals surface area (Å²) in [6.45, 7) is 7.51. The third kappa shape index (κ3) is 5.56. The minimum absolute atomic E-state index is 0.152. The summed E-state index contributed by atoms with van der Waals surface area (Å²) >= 11 is 0. The fourth-order valence-corrected chi connectivity index (χ4v) is 4.83. The van der Waals surface area contributed by atoms with Gasteiger partial charge in [0.05, 0.1) is 16.6 Å². The summed E-state index contributed by atoms with van der Waals surface area (Å²) in [5.41, 5.74) is 4.62. The molecule has 1 atom stereocenters. The number of aryl methyl sites for hydroxylation is 3. The third-order valence-corrected chi connectivity index (χ3v) is 7.27. The van der Waals surface area contributed by atoms with Crippen LogP contribution in [0.5, 0.6) is 0 Å². The van der Waals surface area contributed by atoms with Gasteiger partial charge in [-0.15, -0.1) is 0 Å². The lowest BCUT2D eigenvalue weighted by Gasteiger charge is -2.25. The van der Waals surface area contributed by atoms with Crippen molar-refractivity contribution in [3.8, 4) is 0 Å². The van der Waals surface area contributed by atoms with Gasteiger partial charge in [-0.2, -0.15) is 0 Å². The molecule has 3 aromatic carbocycles. The summed E-state index contributed by atoms with van der Waals surface area (Å²) in [7, 11) is -3.92. The Kier molecular flexibility index (Phi) is 7.36. The van der Waals surface area contributed by atoms with Crippen molar-refractivity contribution in [2.75, 3.05) is 10.8 Å². The molecule has 0 bridgehead atoms. The number of anilines is 1. The van der Waals surface area contributed by atoms with Gasteiger partial charge in [0.1, 0.15) is 6.54 Å². The van der Waals surface area contributed by atoms with E-state index in [1.807, 2.05) is 57.2 Å². The van der Waals surface area contributed by atoms with Crippen LogP contribution < -0.4 is 9.62 Å². The highest BCUT2D eigenvalue weighted by Gasteiger charge is 2.27. The number of hydrogen-bond donors (Lipinski definition) is 1. The zero-order chi connectivity index (χ0) is 23.3. The van der Waals surface area contributed by atoms with Gasteiger partial charge in [0, 0.05) is 0 Å².